The lowest BCUT2D eigenvalue weighted by atomic mass is 9.95. The van der Waals surface area contributed by atoms with E-state index in [1.165, 1.54) is 6.92 Å². The van der Waals surface area contributed by atoms with Gasteiger partial charge in [0.15, 0.2) is 0 Å². The number of carbonyl (C=O) groups excluding carboxylic acids is 1. The van der Waals surface area contributed by atoms with Crippen LogP contribution in [-0.2, 0) is 4.79 Å². The van der Waals surface area contributed by atoms with E-state index in [1.54, 1.807) is 19.2 Å². The highest BCUT2D eigenvalue weighted by atomic mass is 16.5. The molecule has 0 aromatic heterocycles. The van der Waals surface area contributed by atoms with Crippen molar-refractivity contribution >= 4 is 5.78 Å². The number of carbonyl (C=O) groups is 1. The molecule has 3 nitrogen and oxygen atoms in total. The van der Waals surface area contributed by atoms with Crippen molar-refractivity contribution in [1.29, 1.82) is 0 Å². The third kappa shape index (κ3) is 2.12. The molecule has 0 saturated carbocycles. The maximum Gasteiger partial charge on any atom is 0.139 e. The number of Topliss-reactive ketones (excluding diaryl/α,β-unsaturated/α-hetero) is 1. The van der Waals surface area contributed by atoms with Crippen LogP contribution in [0.4, 0.5) is 0 Å². The summed E-state index contributed by atoms with van der Waals surface area (Å²) in [5.41, 5.74) is 0.741. The number of aliphatic hydroxyl groups is 1. The van der Waals surface area contributed by atoms with Crippen LogP contribution in [0.25, 0.3) is 0 Å². The van der Waals surface area contributed by atoms with Gasteiger partial charge in [0.2, 0.25) is 0 Å². The Morgan fingerprint density at radius 1 is 1.50 bits per heavy atom. The zero-order chi connectivity index (χ0) is 10.6. The molecular formula is C11H14O3. The van der Waals surface area contributed by atoms with Gasteiger partial charge in [-0.25, -0.2) is 0 Å². The van der Waals surface area contributed by atoms with Crippen molar-refractivity contribution in [3.8, 4) is 5.75 Å². The van der Waals surface area contributed by atoms with Crippen molar-refractivity contribution < 1.29 is 14.6 Å². The second kappa shape index (κ2) is 4.77. The Bertz CT molecular complexity index is 320. The van der Waals surface area contributed by atoms with E-state index in [4.69, 9.17) is 9.84 Å². The fraction of sp³-hybridized carbons (Fsp3) is 0.364. The number of aliphatic hydroxyl groups excluding tert-OH is 1. The number of methoxy groups -OCH3 is 1. The largest absolute Gasteiger partial charge is 0.496 e. The second-order valence-corrected chi connectivity index (χ2v) is 3.09. The number of hydrogen-bond acceptors (Lipinski definition) is 3. The molecule has 1 unspecified atom stereocenters. The third-order valence-corrected chi connectivity index (χ3v) is 2.19. The van der Waals surface area contributed by atoms with E-state index in [1.807, 2.05) is 12.1 Å². The average molecular weight is 194 g/mol. The maximum atomic E-state index is 11.2. The normalized spacial score (nSPS) is 12.2. The average Bonchev–Trinajstić information content (AvgIpc) is 2.19. The van der Waals surface area contributed by atoms with Crippen LogP contribution in [0.1, 0.15) is 18.4 Å². The zero-order valence-corrected chi connectivity index (χ0v) is 8.36. The second-order valence-electron chi connectivity index (χ2n) is 3.09. The molecule has 1 atom stereocenters. The summed E-state index contributed by atoms with van der Waals surface area (Å²) in [7, 11) is 1.55. The summed E-state index contributed by atoms with van der Waals surface area (Å²) in [5, 5.41) is 9.09. The Labute approximate surface area is 83.3 Å². The Hall–Kier alpha value is -1.35. The van der Waals surface area contributed by atoms with E-state index < -0.39 is 5.92 Å². The molecule has 0 fully saturated rings. The number of rotatable bonds is 4. The predicted octanol–water partition coefficient (Wildman–Crippen LogP) is 1.36. The molecule has 0 aliphatic carbocycles. The first-order valence-corrected chi connectivity index (χ1v) is 4.45. The van der Waals surface area contributed by atoms with Gasteiger partial charge >= 0.3 is 0 Å². The Kier molecular flexibility index (Phi) is 3.65. The highest BCUT2D eigenvalue weighted by Gasteiger charge is 2.18. The molecule has 1 aromatic carbocycles. The monoisotopic (exact) mass is 194 g/mol. The molecule has 0 saturated heterocycles. The molecule has 1 N–H and O–H groups in total. The van der Waals surface area contributed by atoms with E-state index in [2.05, 4.69) is 0 Å². The van der Waals surface area contributed by atoms with Crippen LogP contribution in [-0.4, -0.2) is 24.6 Å². The Morgan fingerprint density at radius 2 is 2.14 bits per heavy atom. The van der Waals surface area contributed by atoms with Crippen LogP contribution >= 0.6 is 0 Å². The van der Waals surface area contributed by atoms with Gasteiger partial charge in [-0.2, -0.15) is 0 Å². The molecule has 0 bridgehead atoms. The molecular weight excluding hydrogens is 180 g/mol. The standard InChI is InChI=1S/C11H14O3/c1-8(13)10(7-12)9-5-3-4-6-11(9)14-2/h3-6,10,12H,7H2,1-2H3. The van der Waals surface area contributed by atoms with Gasteiger partial charge in [-0.3, -0.25) is 4.79 Å². The van der Waals surface area contributed by atoms with Gasteiger partial charge in [-0.15, -0.1) is 0 Å². The summed E-state index contributed by atoms with van der Waals surface area (Å²) < 4.78 is 5.11. The quantitative estimate of drug-likeness (QED) is 0.787. The summed E-state index contributed by atoms with van der Waals surface area (Å²) in [6, 6.07) is 7.22. The summed E-state index contributed by atoms with van der Waals surface area (Å²) in [5.74, 6) is 0.102. The summed E-state index contributed by atoms with van der Waals surface area (Å²) in [6.45, 7) is 1.28. The fourth-order valence-electron chi connectivity index (χ4n) is 1.40. The van der Waals surface area contributed by atoms with Crippen molar-refractivity contribution in [2.24, 2.45) is 0 Å². The third-order valence-electron chi connectivity index (χ3n) is 2.19. The predicted molar refractivity (Wildman–Crippen MR) is 53.5 cm³/mol. The molecule has 0 aliphatic heterocycles. The maximum absolute atomic E-state index is 11.2. The lowest BCUT2D eigenvalue weighted by Gasteiger charge is -2.14. The molecule has 0 radical (unpaired) electrons. The number of ether oxygens (including phenoxy) is 1. The summed E-state index contributed by atoms with van der Waals surface area (Å²) in [4.78, 5) is 11.2. The molecule has 1 aromatic rings. The van der Waals surface area contributed by atoms with Gasteiger partial charge in [-0.05, 0) is 13.0 Å². The van der Waals surface area contributed by atoms with Gasteiger partial charge in [0, 0.05) is 5.56 Å². The Balaban J connectivity index is 3.08. The van der Waals surface area contributed by atoms with Crippen molar-refractivity contribution in [1.82, 2.24) is 0 Å². The SMILES string of the molecule is COc1ccccc1C(CO)C(C)=O. The molecule has 0 amide bonds. The van der Waals surface area contributed by atoms with Gasteiger partial charge in [0.25, 0.3) is 0 Å². The first-order valence-electron chi connectivity index (χ1n) is 4.45. The van der Waals surface area contributed by atoms with Crippen LogP contribution in [0.2, 0.25) is 0 Å². The van der Waals surface area contributed by atoms with Crippen LogP contribution in [0, 0.1) is 0 Å². The molecule has 0 aliphatic rings. The van der Waals surface area contributed by atoms with E-state index >= 15 is 0 Å². The number of hydrogen-bond donors (Lipinski definition) is 1. The highest BCUT2D eigenvalue weighted by Crippen LogP contribution is 2.26. The van der Waals surface area contributed by atoms with E-state index in [-0.39, 0.29) is 12.4 Å². The van der Waals surface area contributed by atoms with E-state index in [0.717, 1.165) is 5.56 Å². The zero-order valence-electron chi connectivity index (χ0n) is 8.36. The van der Waals surface area contributed by atoms with Crippen LogP contribution in [0.5, 0.6) is 5.75 Å². The van der Waals surface area contributed by atoms with Crippen LogP contribution in [0.3, 0.4) is 0 Å². The lowest BCUT2D eigenvalue weighted by molar-refractivity contribution is -0.119. The van der Waals surface area contributed by atoms with Crippen molar-refractivity contribution in [2.75, 3.05) is 13.7 Å². The van der Waals surface area contributed by atoms with Crippen LogP contribution in [0.15, 0.2) is 24.3 Å². The van der Waals surface area contributed by atoms with Crippen molar-refractivity contribution in [3.05, 3.63) is 29.8 Å². The minimum absolute atomic E-state index is 0.0583. The minimum Gasteiger partial charge on any atom is -0.496 e. The van der Waals surface area contributed by atoms with E-state index in [9.17, 15) is 4.79 Å². The van der Waals surface area contributed by atoms with Gasteiger partial charge in [0.1, 0.15) is 11.5 Å². The van der Waals surface area contributed by atoms with Crippen molar-refractivity contribution in [2.45, 2.75) is 12.8 Å². The smallest absolute Gasteiger partial charge is 0.139 e. The number of benzene rings is 1. The van der Waals surface area contributed by atoms with Gasteiger partial charge in [0.05, 0.1) is 19.6 Å². The first-order chi connectivity index (χ1) is 6.70. The highest BCUT2D eigenvalue weighted by molar-refractivity contribution is 5.84. The summed E-state index contributed by atoms with van der Waals surface area (Å²) >= 11 is 0. The molecule has 1 rings (SSSR count). The molecule has 14 heavy (non-hydrogen) atoms. The number of ketones is 1. The van der Waals surface area contributed by atoms with Gasteiger partial charge < -0.3 is 9.84 Å². The molecule has 0 spiro atoms. The Morgan fingerprint density at radius 3 is 2.64 bits per heavy atom. The fourth-order valence-corrected chi connectivity index (χ4v) is 1.40. The molecule has 0 heterocycles. The molecule has 3 heteroatoms. The van der Waals surface area contributed by atoms with Crippen LogP contribution < -0.4 is 4.74 Å². The first kappa shape index (κ1) is 10.7. The number of para-hydroxylation sites is 1. The van der Waals surface area contributed by atoms with Crippen molar-refractivity contribution in [3.63, 3.8) is 0 Å². The summed E-state index contributed by atoms with van der Waals surface area (Å²) in [6.07, 6.45) is 0. The lowest BCUT2D eigenvalue weighted by Crippen LogP contribution is -2.14. The van der Waals surface area contributed by atoms with E-state index in [0.29, 0.717) is 5.75 Å². The topological polar surface area (TPSA) is 46.5 Å². The van der Waals surface area contributed by atoms with Gasteiger partial charge in [-0.1, -0.05) is 18.2 Å². The molecule has 76 valence electrons. The minimum atomic E-state index is -0.480.